The second-order valence-electron chi connectivity index (χ2n) is 8.25. The summed E-state index contributed by atoms with van der Waals surface area (Å²) >= 11 is 11.7. The molecule has 10 nitrogen and oxygen atoms in total. The van der Waals surface area contributed by atoms with Gasteiger partial charge in [-0.2, -0.15) is 0 Å². The standard InChI is InChI=1S/C12H10O6.2C8H10ClNO/c13-9(5-11(15)16)7-1-2-8(4-3-7)10(14)6-12(17)18;2*1-5-3-7(10)8(11-2)4-6(5)9/h1-4H,5-6H2,(H,15,16)(H,17,18);2*3-4H,10H2,1-2H3. The molecule has 0 spiro atoms. The predicted molar refractivity (Wildman–Crippen MR) is 154 cm³/mol. The monoisotopic (exact) mass is 592 g/mol. The third kappa shape index (κ3) is 10.8. The number of benzene rings is 3. The normalized spacial score (nSPS) is 9.75. The van der Waals surface area contributed by atoms with E-state index >= 15 is 0 Å². The number of methoxy groups -OCH3 is 2. The van der Waals surface area contributed by atoms with Gasteiger partial charge in [0.15, 0.2) is 11.6 Å². The maximum atomic E-state index is 11.4. The number of rotatable bonds is 8. The van der Waals surface area contributed by atoms with Gasteiger partial charge in [0.05, 0.1) is 25.6 Å². The first-order valence-electron chi connectivity index (χ1n) is 11.5. The lowest BCUT2D eigenvalue weighted by Crippen LogP contribution is -2.09. The summed E-state index contributed by atoms with van der Waals surface area (Å²) < 4.78 is 9.94. The first-order chi connectivity index (χ1) is 18.7. The van der Waals surface area contributed by atoms with Crippen LogP contribution in [0.2, 0.25) is 10.0 Å². The molecule has 0 amide bonds. The van der Waals surface area contributed by atoms with Crippen molar-refractivity contribution in [1.82, 2.24) is 0 Å². The summed E-state index contributed by atoms with van der Waals surface area (Å²) in [5.74, 6) is -2.35. The summed E-state index contributed by atoms with van der Waals surface area (Å²) in [7, 11) is 3.13. The van der Waals surface area contributed by atoms with Crippen molar-refractivity contribution in [2.75, 3.05) is 25.7 Å². The van der Waals surface area contributed by atoms with Crippen molar-refractivity contribution in [1.29, 1.82) is 0 Å². The smallest absolute Gasteiger partial charge is 0.311 e. The van der Waals surface area contributed by atoms with Gasteiger partial charge in [0.1, 0.15) is 24.3 Å². The zero-order chi connectivity index (χ0) is 30.6. The molecule has 0 saturated heterocycles. The Labute approximate surface area is 241 Å². The van der Waals surface area contributed by atoms with Gasteiger partial charge in [-0.15, -0.1) is 0 Å². The summed E-state index contributed by atoms with van der Waals surface area (Å²) in [6, 6.07) is 12.2. The number of carbonyl (C=O) groups excluding carboxylic acids is 2. The highest BCUT2D eigenvalue weighted by atomic mass is 35.5. The molecule has 0 heterocycles. The maximum Gasteiger partial charge on any atom is 0.311 e. The van der Waals surface area contributed by atoms with Crippen LogP contribution in [0.3, 0.4) is 0 Å². The molecule has 3 aromatic carbocycles. The van der Waals surface area contributed by atoms with Crippen LogP contribution in [0, 0.1) is 13.8 Å². The third-order valence-electron chi connectivity index (χ3n) is 5.17. The van der Waals surface area contributed by atoms with Crippen LogP contribution >= 0.6 is 23.2 Å². The lowest BCUT2D eigenvalue weighted by Gasteiger charge is -2.05. The molecule has 0 unspecified atom stereocenters. The Hall–Kier alpha value is -4.28. The summed E-state index contributed by atoms with van der Waals surface area (Å²) in [4.78, 5) is 43.4. The molecule has 12 heteroatoms. The van der Waals surface area contributed by atoms with Gasteiger partial charge in [0.25, 0.3) is 0 Å². The van der Waals surface area contributed by atoms with Gasteiger partial charge in [-0.05, 0) is 37.1 Å². The predicted octanol–water partition coefficient (Wildman–Crippen LogP) is 5.48. The number of carbonyl (C=O) groups is 4. The van der Waals surface area contributed by atoms with Crippen LogP contribution in [0.1, 0.15) is 44.7 Å². The Kier molecular flexibility index (Phi) is 13.5. The number of carboxylic acids is 2. The zero-order valence-electron chi connectivity index (χ0n) is 22.3. The number of nitrogen functional groups attached to an aromatic ring is 2. The molecule has 0 aromatic heterocycles. The number of anilines is 2. The lowest BCUT2D eigenvalue weighted by atomic mass is 10.0. The molecule has 6 N–H and O–H groups in total. The number of aryl methyl sites for hydroxylation is 2. The molecule has 40 heavy (non-hydrogen) atoms. The van der Waals surface area contributed by atoms with Crippen molar-refractivity contribution >= 4 is 58.1 Å². The molecule has 0 atom stereocenters. The summed E-state index contributed by atoms with van der Waals surface area (Å²) in [6.45, 7) is 3.80. The maximum absolute atomic E-state index is 11.4. The average Bonchev–Trinajstić information content (AvgIpc) is 2.88. The van der Waals surface area contributed by atoms with Crippen molar-refractivity contribution in [2.45, 2.75) is 26.7 Å². The molecule has 0 aliphatic heterocycles. The van der Waals surface area contributed by atoms with Gasteiger partial charge in [-0.25, -0.2) is 0 Å². The van der Waals surface area contributed by atoms with Crippen molar-refractivity contribution < 1.29 is 38.9 Å². The second-order valence-corrected chi connectivity index (χ2v) is 9.07. The fourth-order valence-corrected chi connectivity index (χ4v) is 3.35. The van der Waals surface area contributed by atoms with Crippen LogP contribution in [-0.4, -0.2) is 47.9 Å². The van der Waals surface area contributed by atoms with E-state index in [2.05, 4.69) is 0 Å². The van der Waals surface area contributed by atoms with E-state index in [9.17, 15) is 19.2 Å². The minimum atomic E-state index is -1.23. The van der Waals surface area contributed by atoms with E-state index in [1.165, 1.54) is 24.3 Å². The van der Waals surface area contributed by atoms with Crippen LogP contribution in [0.4, 0.5) is 11.4 Å². The molecule has 0 bridgehead atoms. The second kappa shape index (κ2) is 16.0. The van der Waals surface area contributed by atoms with Gasteiger partial charge < -0.3 is 31.2 Å². The molecule has 0 aliphatic carbocycles. The van der Waals surface area contributed by atoms with Crippen molar-refractivity contribution in [3.05, 3.63) is 80.8 Å². The number of carboxylic acid groups (broad SMARTS) is 2. The fourth-order valence-electron chi connectivity index (χ4n) is 3.05. The molecular weight excluding hydrogens is 563 g/mol. The quantitative estimate of drug-likeness (QED) is 0.148. The van der Waals surface area contributed by atoms with Crippen molar-refractivity contribution in [3.8, 4) is 11.5 Å². The number of ether oxygens (including phenoxy) is 2. The molecule has 3 rings (SSSR count). The van der Waals surface area contributed by atoms with Crippen LogP contribution < -0.4 is 20.9 Å². The van der Waals surface area contributed by atoms with E-state index < -0.39 is 36.3 Å². The highest BCUT2D eigenvalue weighted by molar-refractivity contribution is 6.32. The molecule has 0 fully saturated rings. The highest BCUT2D eigenvalue weighted by Crippen LogP contribution is 2.29. The number of hydrogen-bond acceptors (Lipinski definition) is 8. The first kappa shape index (κ1) is 33.7. The third-order valence-corrected chi connectivity index (χ3v) is 5.99. The molecule has 0 radical (unpaired) electrons. The summed E-state index contributed by atoms with van der Waals surface area (Å²) in [6.07, 6.45) is -1.25. The molecule has 3 aromatic rings. The average molecular weight is 593 g/mol. The molecule has 0 saturated carbocycles. The number of nitrogens with two attached hydrogens (primary N) is 2. The number of ketones is 2. The number of halogens is 2. The highest BCUT2D eigenvalue weighted by Gasteiger charge is 2.13. The Balaban J connectivity index is 0.000000315. The van der Waals surface area contributed by atoms with Crippen LogP contribution in [0.25, 0.3) is 0 Å². The van der Waals surface area contributed by atoms with Crippen molar-refractivity contribution in [2.24, 2.45) is 0 Å². The van der Waals surface area contributed by atoms with E-state index in [1.807, 2.05) is 13.8 Å². The van der Waals surface area contributed by atoms with Gasteiger partial charge in [-0.1, -0.05) is 47.5 Å². The Bertz CT molecular complexity index is 1270. The van der Waals surface area contributed by atoms with Crippen LogP contribution in [0.5, 0.6) is 11.5 Å². The van der Waals surface area contributed by atoms with Gasteiger partial charge in [-0.3, -0.25) is 19.2 Å². The number of aliphatic carboxylic acids is 2. The summed E-state index contributed by atoms with van der Waals surface area (Å²) in [5, 5.41) is 18.2. The van der Waals surface area contributed by atoms with E-state index in [-0.39, 0.29) is 11.1 Å². The topological polar surface area (TPSA) is 179 Å². The Morgan fingerprint density at radius 1 is 0.675 bits per heavy atom. The minimum absolute atomic E-state index is 0.171. The molecular formula is C28H30Cl2N2O8. The lowest BCUT2D eigenvalue weighted by molar-refractivity contribution is -0.137. The zero-order valence-corrected chi connectivity index (χ0v) is 23.8. The Morgan fingerprint density at radius 3 is 1.23 bits per heavy atom. The van der Waals surface area contributed by atoms with Gasteiger partial charge in [0.2, 0.25) is 0 Å². The fraction of sp³-hybridized carbons (Fsp3) is 0.214. The van der Waals surface area contributed by atoms with Gasteiger partial charge in [0, 0.05) is 33.3 Å². The van der Waals surface area contributed by atoms with E-state index in [1.54, 1.807) is 38.5 Å². The van der Waals surface area contributed by atoms with E-state index in [4.69, 9.17) is 54.4 Å². The van der Waals surface area contributed by atoms with E-state index in [0.29, 0.717) is 32.9 Å². The summed E-state index contributed by atoms with van der Waals surface area (Å²) in [5.41, 5.74) is 14.7. The SMILES string of the molecule is COc1cc(Cl)c(C)cc1N.COc1cc(Cl)c(C)cc1N.O=C(O)CC(=O)c1ccc(C(=O)CC(=O)O)cc1. The number of Topliss-reactive ketones (excluding diaryl/α,β-unsaturated/α-hetero) is 2. The Morgan fingerprint density at radius 2 is 0.975 bits per heavy atom. The van der Waals surface area contributed by atoms with Crippen LogP contribution in [-0.2, 0) is 9.59 Å². The van der Waals surface area contributed by atoms with E-state index in [0.717, 1.165) is 11.1 Å². The molecule has 0 aliphatic rings. The first-order valence-corrected chi connectivity index (χ1v) is 12.2. The van der Waals surface area contributed by atoms with Crippen molar-refractivity contribution in [3.63, 3.8) is 0 Å². The van der Waals surface area contributed by atoms with Crippen LogP contribution in [0.15, 0.2) is 48.5 Å². The number of hydrogen-bond donors (Lipinski definition) is 4. The van der Waals surface area contributed by atoms with Gasteiger partial charge >= 0.3 is 11.9 Å². The molecule has 214 valence electrons. The largest absolute Gasteiger partial charge is 0.495 e. The minimum Gasteiger partial charge on any atom is -0.495 e.